The van der Waals surface area contributed by atoms with E-state index in [1.165, 1.54) is 12.5 Å². The summed E-state index contributed by atoms with van der Waals surface area (Å²) in [4.78, 5) is 18.0. The van der Waals surface area contributed by atoms with E-state index in [1.54, 1.807) is 0 Å². The molecule has 0 spiro atoms. The predicted octanol–water partition coefficient (Wildman–Crippen LogP) is 0.938. The van der Waals surface area contributed by atoms with Crippen molar-refractivity contribution < 1.29 is 4.79 Å². The summed E-state index contributed by atoms with van der Waals surface area (Å²) < 4.78 is 0. The minimum atomic E-state index is -0.0620. The van der Waals surface area contributed by atoms with E-state index < -0.39 is 0 Å². The first-order valence-electron chi connectivity index (χ1n) is 4.39. The Morgan fingerprint density at radius 1 is 1.77 bits per heavy atom. The van der Waals surface area contributed by atoms with E-state index in [0.29, 0.717) is 11.7 Å². The molecule has 70 valence electrons. The van der Waals surface area contributed by atoms with Crippen LogP contribution in [0.15, 0.2) is 12.5 Å². The maximum absolute atomic E-state index is 11.5. The summed E-state index contributed by atoms with van der Waals surface area (Å²) in [6.45, 7) is 4.29. The fourth-order valence-electron chi connectivity index (χ4n) is 1.33. The van der Waals surface area contributed by atoms with Crippen molar-refractivity contribution in [3.63, 3.8) is 0 Å². The van der Waals surface area contributed by atoms with Crippen molar-refractivity contribution in [3.05, 3.63) is 18.2 Å². The Morgan fingerprint density at radius 3 is 2.92 bits per heavy atom. The third-order valence-electron chi connectivity index (χ3n) is 2.56. The van der Waals surface area contributed by atoms with Gasteiger partial charge in [-0.25, -0.2) is 4.98 Å². The molecule has 1 aliphatic rings. The molecule has 2 rings (SSSR count). The molecule has 1 aliphatic carbocycles. The lowest BCUT2D eigenvalue weighted by atomic mass is 10.2. The molecule has 1 atom stereocenters. The molecule has 1 aromatic heterocycles. The number of H-pyrrole nitrogens is 1. The van der Waals surface area contributed by atoms with E-state index in [2.05, 4.69) is 29.1 Å². The van der Waals surface area contributed by atoms with Gasteiger partial charge in [0.25, 0.3) is 5.91 Å². The second-order valence-electron chi connectivity index (χ2n) is 4.18. The number of hydrogen-bond acceptors (Lipinski definition) is 2. The van der Waals surface area contributed by atoms with Gasteiger partial charge in [0.1, 0.15) is 5.69 Å². The van der Waals surface area contributed by atoms with Crippen LogP contribution in [-0.4, -0.2) is 21.9 Å². The summed E-state index contributed by atoms with van der Waals surface area (Å²) in [5.74, 6) is -0.0620. The van der Waals surface area contributed by atoms with Gasteiger partial charge in [-0.05, 0) is 11.8 Å². The molecular formula is C9H13N3O. The minimum absolute atomic E-state index is 0.0620. The van der Waals surface area contributed by atoms with Crippen molar-refractivity contribution in [1.29, 1.82) is 0 Å². The molecule has 1 unspecified atom stereocenters. The van der Waals surface area contributed by atoms with Crippen LogP contribution in [0.2, 0.25) is 0 Å². The third-order valence-corrected chi connectivity index (χ3v) is 2.56. The van der Waals surface area contributed by atoms with Gasteiger partial charge in [-0.3, -0.25) is 4.79 Å². The molecule has 0 radical (unpaired) electrons. The van der Waals surface area contributed by atoms with Crippen LogP contribution in [0.4, 0.5) is 0 Å². The lowest BCUT2D eigenvalue weighted by molar-refractivity contribution is 0.0942. The molecule has 0 saturated heterocycles. The highest BCUT2D eigenvalue weighted by Crippen LogP contribution is 2.44. The third kappa shape index (κ3) is 1.56. The predicted molar refractivity (Wildman–Crippen MR) is 48.2 cm³/mol. The second-order valence-corrected chi connectivity index (χ2v) is 4.18. The molecule has 0 bridgehead atoms. The van der Waals surface area contributed by atoms with Crippen LogP contribution < -0.4 is 5.32 Å². The number of carbonyl (C=O) groups excluding carboxylic acids is 1. The van der Waals surface area contributed by atoms with Crippen molar-refractivity contribution in [3.8, 4) is 0 Å². The molecule has 13 heavy (non-hydrogen) atoms. The van der Waals surface area contributed by atoms with Gasteiger partial charge in [-0.15, -0.1) is 0 Å². The van der Waals surface area contributed by atoms with Gasteiger partial charge >= 0.3 is 0 Å². The Kier molecular flexibility index (Phi) is 1.65. The zero-order valence-corrected chi connectivity index (χ0v) is 7.79. The standard InChI is InChI=1S/C9H13N3O/c1-9(2)3-7(9)12-8(13)6-4-10-5-11-6/h4-5,7H,3H2,1-2H3,(H,10,11)(H,12,13). The van der Waals surface area contributed by atoms with Crippen molar-refractivity contribution in [1.82, 2.24) is 15.3 Å². The number of amides is 1. The second kappa shape index (κ2) is 2.58. The van der Waals surface area contributed by atoms with Gasteiger partial charge in [0.05, 0.1) is 12.5 Å². The Bertz CT molecular complexity index is 316. The summed E-state index contributed by atoms with van der Waals surface area (Å²) in [6.07, 6.45) is 4.10. The quantitative estimate of drug-likeness (QED) is 0.709. The number of hydrogen-bond donors (Lipinski definition) is 2. The molecule has 1 fully saturated rings. The van der Waals surface area contributed by atoms with Gasteiger partial charge in [-0.1, -0.05) is 13.8 Å². The topological polar surface area (TPSA) is 57.8 Å². The number of rotatable bonds is 2. The highest BCUT2D eigenvalue weighted by atomic mass is 16.2. The lowest BCUT2D eigenvalue weighted by Crippen LogP contribution is -2.28. The monoisotopic (exact) mass is 179 g/mol. The molecule has 1 heterocycles. The van der Waals surface area contributed by atoms with Crippen LogP contribution in [0.3, 0.4) is 0 Å². The Hall–Kier alpha value is -1.32. The molecule has 4 heteroatoms. The highest BCUT2D eigenvalue weighted by molar-refractivity contribution is 5.92. The van der Waals surface area contributed by atoms with Crippen molar-refractivity contribution in [2.45, 2.75) is 26.3 Å². The van der Waals surface area contributed by atoms with Gasteiger partial charge < -0.3 is 10.3 Å². The zero-order chi connectivity index (χ0) is 9.47. The molecule has 1 aromatic rings. The number of nitrogens with zero attached hydrogens (tertiary/aromatic N) is 1. The fraction of sp³-hybridized carbons (Fsp3) is 0.556. The van der Waals surface area contributed by atoms with E-state index in [0.717, 1.165) is 6.42 Å². The Balaban J connectivity index is 1.94. The van der Waals surface area contributed by atoms with E-state index in [1.807, 2.05) is 0 Å². The van der Waals surface area contributed by atoms with Gasteiger partial charge in [-0.2, -0.15) is 0 Å². The van der Waals surface area contributed by atoms with Gasteiger partial charge in [0, 0.05) is 6.04 Å². The molecular weight excluding hydrogens is 166 g/mol. The molecule has 0 aromatic carbocycles. The van der Waals surface area contributed by atoms with E-state index in [9.17, 15) is 4.79 Å². The average molecular weight is 179 g/mol. The number of nitrogens with one attached hydrogen (secondary N) is 2. The highest BCUT2D eigenvalue weighted by Gasteiger charge is 2.46. The van der Waals surface area contributed by atoms with Crippen LogP contribution in [0, 0.1) is 5.41 Å². The molecule has 2 N–H and O–H groups in total. The van der Waals surface area contributed by atoms with Crippen LogP contribution in [-0.2, 0) is 0 Å². The minimum Gasteiger partial charge on any atom is -0.347 e. The fourth-order valence-corrected chi connectivity index (χ4v) is 1.33. The van der Waals surface area contributed by atoms with E-state index in [4.69, 9.17) is 0 Å². The Labute approximate surface area is 76.8 Å². The maximum atomic E-state index is 11.5. The molecule has 1 saturated carbocycles. The number of imidazole rings is 1. The van der Waals surface area contributed by atoms with Crippen LogP contribution >= 0.6 is 0 Å². The zero-order valence-electron chi connectivity index (χ0n) is 7.79. The normalized spacial score (nSPS) is 24.0. The van der Waals surface area contributed by atoms with Crippen molar-refractivity contribution in [2.24, 2.45) is 5.41 Å². The van der Waals surface area contributed by atoms with Crippen LogP contribution in [0.5, 0.6) is 0 Å². The van der Waals surface area contributed by atoms with Crippen molar-refractivity contribution in [2.75, 3.05) is 0 Å². The summed E-state index contributed by atoms with van der Waals surface area (Å²) >= 11 is 0. The summed E-state index contributed by atoms with van der Waals surface area (Å²) in [7, 11) is 0. The lowest BCUT2D eigenvalue weighted by Gasteiger charge is -2.04. The van der Waals surface area contributed by atoms with Gasteiger partial charge in [0.2, 0.25) is 0 Å². The maximum Gasteiger partial charge on any atom is 0.269 e. The summed E-state index contributed by atoms with van der Waals surface area (Å²) in [5, 5.41) is 2.94. The first-order valence-corrected chi connectivity index (χ1v) is 4.39. The average Bonchev–Trinajstić information content (AvgIpc) is 2.58. The first-order chi connectivity index (χ1) is 6.09. The first kappa shape index (κ1) is 8.29. The number of aromatic nitrogens is 2. The summed E-state index contributed by atoms with van der Waals surface area (Å²) in [6, 6.07) is 0.322. The number of aromatic amines is 1. The Morgan fingerprint density at radius 2 is 2.46 bits per heavy atom. The smallest absolute Gasteiger partial charge is 0.269 e. The van der Waals surface area contributed by atoms with Gasteiger partial charge in [0.15, 0.2) is 0 Å². The SMILES string of the molecule is CC1(C)CC1NC(=O)c1cnc[nH]1. The van der Waals surface area contributed by atoms with Crippen LogP contribution in [0.25, 0.3) is 0 Å². The molecule has 4 nitrogen and oxygen atoms in total. The van der Waals surface area contributed by atoms with Crippen molar-refractivity contribution >= 4 is 5.91 Å². The van der Waals surface area contributed by atoms with Crippen LogP contribution in [0.1, 0.15) is 30.8 Å². The van der Waals surface area contributed by atoms with E-state index >= 15 is 0 Å². The molecule has 0 aliphatic heterocycles. The largest absolute Gasteiger partial charge is 0.347 e. The molecule has 1 amide bonds. The number of carbonyl (C=O) groups is 1. The summed E-state index contributed by atoms with van der Waals surface area (Å²) in [5.41, 5.74) is 0.804. The van der Waals surface area contributed by atoms with E-state index in [-0.39, 0.29) is 11.3 Å².